The second kappa shape index (κ2) is 10.6. The van der Waals surface area contributed by atoms with Crippen molar-refractivity contribution in [3.05, 3.63) is 69.9 Å². The molecule has 3 atom stereocenters. The molecule has 1 aromatic heterocycles. The second-order valence-corrected chi connectivity index (χ2v) is 8.38. The van der Waals surface area contributed by atoms with Crippen LogP contribution >= 0.6 is 11.3 Å². The number of hydrogen-bond donors (Lipinski definition) is 2. The molecular formula is C25H23NO4S. The van der Waals surface area contributed by atoms with Crippen LogP contribution in [0.5, 0.6) is 0 Å². The summed E-state index contributed by atoms with van der Waals surface area (Å²) in [6.07, 6.45) is 4.43. The Bertz CT molecular complexity index is 1080. The molecule has 0 aliphatic carbocycles. The normalized spacial score (nSPS) is 17.5. The Labute approximate surface area is 186 Å². The maximum absolute atomic E-state index is 12.2. The minimum absolute atomic E-state index is 0.0512. The van der Waals surface area contributed by atoms with Crippen molar-refractivity contribution in [2.24, 2.45) is 5.92 Å². The fourth-order valence-corrected chi connectivity index (χ4v) is 3.75. The van der Waals surface area contributed by atoms with E-state index in [4.69, 9.17) is 5.11 Å². The Morgan fingerprint density at radius 1 is 1.26 bits per heavy atom. The maximum Gasteiger partial charge on any atom is 0.345 e. The second-order valence-electron chi connectivity index (χ2n) is 7.30. The van der Waals surface area contributed by atoms with Crippen LogP contribution in [0.2, 0.25) is 0 Å². The zero-order valence-electron chi connectivity index (χ0n) is 17.1. The van der Waals surface area contributed by atoms with E-state index < -0.39 is 12.1 Å². The lowest BCUT2D eigenvalue weighted by atomic mass is 9.99. The molecule has 3 unspecified atom stereocenters. The summed E-state index contributed by atoms with van der Waals surface area (Å²) in [6.45, 7) is 1.93. The van der Waals surface area contributed by atoms with E-state index in [0.717, 1.165) is 16.9 Å². The van der Waals surface area contributed by atoms with Crippen LogP contribution in [0.1, 0.15) is 46.3 Å². The summed E-state index contributed by atoms with van der Waals surface area (Å²) >= 11 is 1.07. The van der Waals surface area contributed by atoms with Crippen LogP contribution in [0.15, 0.2) is 54.6 Å². The van der Waals surface area contributed by atoms with Gasteiger partial charge < -0.3 is 10.2 Å². The average Bonchev–Trinajstić information content (AvgIpc) is 3.38. The molecule has 0 spiro atoms. The van der Waals surface area contributed by atoms with Crippen LogP contribution in [-0.4, -0.2) is 39.1 Å². The summed E-state index contributed by atoms with van der Waals surface area (Å²) in [5, 5.41) is 19.4. The first-order chi connectivity index (χ1) is 14.9. The van der Waals surface area contributed by atoms with Crippen molar-refractivity contribution in [3.8, 4) is 23.8 Å². The number of aromatic carboxylic acids is 1. The summed E-state index contributed by atoms with van der Waals surface area (Å²) in [4.78, 5) is 25.4. The van der Waals surface area contributed by atoms with Gasteiger partial charge in [0.1, 0.15) is 4.88 Å². The molecule has 1 saturated heterocycles. The number of amides is 1. The first kappa shape index (κ1) is 22.4. The van der Waals surface area contributed by atoms with Gasteiger partial charge >= 0.3 is 5.97 Å². The number of carbonyl (C=O) groups is 2. The fourth-order valence-electron chi connectivity index (χ4n) is 3.06. The van der Waals surface area contributed by atoms with Crippen molar-refractivity contribution >= 4 is 23.2 Å². The van der Waals surface area contributed by atoms with Crippen LogP contribution in [0.3, 0.4) is 0 Å². The van der Waals surface area contributed by atoms with E-state index in [1.54, 1.807) is 12.1 Å². The minimum Gasteiger partial charge on any atom is -0.477 e. The van der Waals surface area contributed by atoms with Gasteiger partial charge in [0.15, 0.2) is 0 Å². The van der Waals surface area contributed by atoms with Crippen molar-refractivity contribution in [2.75, 3.05) is 0 Å². The van der Waals surface area contributed by atoms with Gasteiger partial charge in [-0.2, -0.15) is 0 Å². The lowest BCUT2D eigenvalue weighted by Crippen LogP contribution is -2.27. The SMILES string of the molecule is CC(CC#Cc1ccccc1)C(O)/C=C/C1CCC(=O)N1C#Cc1ccc(C(=O)O)s1. The summed E-state index contributed by atoms with van der Waals surface area (Å²) in [6, 6.07) is 15.5. The molecule has 1 aliphatic rings. The van der Waals surface area contributed by atoms with Crippen molar-refractivity contribution in [1.82, 2.24) is 4.90 Å². The monoisotopic (exact) mass is 433 g/mol. The lowest BCUT2D eigenvalue weighted by molar-refractivity contribution is -0.125. The molecule has 2 N–H and O–H groups in total. The number of carbonyl (C=O) groups excluding carboxylic acids is 1. The zero-order chi connectivity index (χ0) is 22.2. The van der Waals surface area contributed by atoms with Crippen molar-refractivity contribution in [2.45, 2.75) is 38.3 Å². The number of aliphatic hydroxyl groups excluding tert-OH is 1. The zero-order valence-corrected chi connectivity index (χ0v) is 17.9. The highest BCUT2D eigenvalue weighted by Crippen LogP contribution is 2.21. The third kappa shape index (κ3) is 6.33. The number of aliphatic hydroxyl groups is 1. The molecule has 1 amide bonds. The smallest absolute Gasteiger partial charge is 0.345 e. The van der Waals surface area contributed by atoms with E-state index in [0.29, 0.717) is 24.1 Å². The molecule has 2 heterocycles. The molecule has 31 heavy (non-hydrogen) atoms. The number of rotatable bonds is 5. The summed E-state index contributed by atoms with van der Waals surface area (Å²) in [5.74, 6) is 7.94. The van der Waals surface area contributed by atoms with Crippen molar-refractivity contribution < 1.29 is 19.8 Å². The highest BCUT2D eigenvalue weighted by atomic mass is 32.1. The highest BCUT2D eigenvalue weighted by molar-refractivity contribution is 7.14. The van der Waals surface area contributed by atoms with Gasteiger partial charge in [0, 0.05) is 24.4 Å². The molecule has 2 aromatic rings. The molecule has 0 saturated carbocycles. The molecular weight excluding hydrogens is 410 g/mol. The standard InChI is InChI=1S/C25H23NO4S/c1-18(6-5-9-19-7-3-2-4-8-19)22(27)13-10-20-11-15-24(28)26(20)17-16-21-12-14-23(31-21)25(29)30/h2-4,7-8,10,12-14,18,20,22,27H,6,11,15H2,1H3,(H,29,30)/b13-10+. The predicted octanol–water partition coefficient (Wildman–Crippen LogP) is 3.74. The van der Waals surface area contributed by atoms with Crippen LogP contribution in [-0.2, 0) is 4.79 Å². The van der Waals surface area contributed by atoms with Crippen LogP contribution in [0.25, 0.3) is 0 Å². The van der Waals surface area contributed by atoms with Gasteiger partial charge in [-0.05, 0) is 42.5 Å². The van der Waals surface area contributed by atoms with Gasteiger partial charge in [-0.1, -0.05) is 49.1 Å². The number of carboxylic acid groups (broad SMARTS) is 1. The number of likely N-dealkylation sites (tertiary alicyclic amines) is 1. The molecule has 158 valence electrons. The van der Waals surface area contributed by atoms with Gasteiger partial charge in [-0.3, -0.25) is 9.69 Å². The van der Waals surface area contributed by atoms with E-state index in [-0.39, 0.29) is 22.7 Å². The van der Waals surface area contributed by atoms with Gasteiger partial charge in [0.05, 0.1) is 17.0 Å². The Hall–Kier alpha value is -3.32. The quantitative estimate of drug-likeness (QED) is 0.556. The predicted molar refractivity (Wildman–Crippen MR) is 120 cm³/mol. The van der Waals surface area contributed by atoms with E-state index in [1.807, 2.05) is 43.3 Å². The Morgan fingerprint density at radius 2 is 2.03 bits per heavy atom. The maximum atomic E-state index is 12.2. The van der Waals surface area contributed by atoms with Crippen molar-refractivity contribution in [1.29, 1.82) is 0 Å². The fraction of sp³-hybridized carbons (Fsp3) is 0.280. The van der Waals surface area contributed by atoms with Crippen LogP contribution in [0.4, 0.5) is 0 Å². The summed E-state index contributed by atoms with van der Waals surface area (Å²) in [5.41, 5.74) is 0.944. The van der Waals surface area contributed by atoms with Gasteiger partial charge in [-0.15, -0.1) is 11.3 Å². The highest BCUT2D eigenvalue weighted by Gasteiger charge is 2.28. The average molecular weight is 434 g/mol. The van der Waals surface area contributed by atoms with Crippen molar-refractivity contribution in [3.63, 3.8) is 0 Å². The third-order valence-corrected chi connectivity index (χ3v) is 5.90. The van der Waals surface area contributed by atoms with Crippen LogP contribution < -0.4 is 0 Å². The summed E-state index contributed by atoms with van der Waals surface area (Å²) in [7, 11) is 0. The number of nitrogens with zero attached hydrogens (tertiary/aromatic N) is 1. The Balaban J connectivity index is 1.59. The molecule has 5 nitrogen and oxygen atoms in total. The molecule has 1 aromatic carbocycles. The van der Waals surface area contributed by atoms with E-state index in [1.165, 1.54) is 11.0 Å². The van der Waals surface area contributed by atoms with E-state index >= 15 is 0 Å². The van der Waals surface area contributed by atoms with Gasteiger partial charge in [-0.25, -0.2) is 4.79 Å². The topological polar surface area (TPSA) is 77.8 Å². The number of thiophene rings is 1. The number of benzene rings is 1. The van der Waals surface area contributed by atoms with E-state index in [9.17, 15) is 14.7 Å². The molecule has 6 heteroatoms. The van der Waals surface area contributed by atoms with Gasteiger partial charge in [0.25, 0.3) is 0 Å². The number of hydrogen-bond acceptors (Lipinski definition) is 4. The van der Waals surface area contributed by atoms with Gasteiger partial charge in [0.2, 0.25) is 5.91 Å². The first-order valence-electron chi connectivity index (χ1n) is 10.0. The third-order valence-electron chi connectivity index (χ3n) is 4.91. The van der Waals surface area contributed by atoms with E-state index in [2.05, 4.69) is 23.8 Å². The lowest BCUT2D eigenvalue weighted by Gasteiger charge is -2.17. The largest absolute Gasteiger partial charge is 0.477 e. The Morgan fingerprint density at radius 3 is 2.74 bits per heavy atom. The first-order valence-corrected chi connectivity index (χ1v) is 10.8. The number of carboxylic acids is 1. The molecule has 1 aliphatic heterocycles. The van der Waals surface area contributed by atoms with Crippen LogP contribution in [0, 0.1) is 29.7 Å². The minimum atomic E-state index is -0.993. The Kier molecular flexibility index (Phi) is 7.67. The summed E-state index contributed by atoms with van der Waals surface area (Å²) < 4.78 is 0. The molecule has 0 bridgehead atoms. The molecule has 3 rings (SSSR count). The molecule has 0 radical (unpaired) electrons. The molecule has 1 fully saturated rings.